The third kappa shape index (κ3) is 2.09. The number of likely N-dealkylation sites (tertiary alicyclic amines) is 1. The number of aryl methyl sites for hydroxylation is 2. The van der Waals surface area contributed by atoms with Crippen LogP contribution in [0.1, 0.15) is 53.3 Å². The third-order valence-corrected chi connectivity index (χ3v) is 4.15. The molecule has 19 heavy (non-hydrogen) atoms. The van der Waals surface area contributed by atoms with E-state index in [2.05, 4.69) is 0 Å². The maximum Gasteiger partial charge on any atom is 0.264 e. The Hall–Kier alpha value is -1.58. The van der Waals surface area contributed by atoms with Crippen molar-refractivity contribution in [2.45, 2.75) is 45.6 Å². The maximum absolute atomic E-state index is 12.6. The highest BCUT2D eigenvalue weighted by molar-refractivity contribution is 5.95. The summed E-state index contributed by atoms with van der Waals surface area (Å²) in [6.45, 7) is 5.40. The number of hydrogen-bond acceptors (Lipinski definition) is 2. The van der Waals surface area contributed by atoms with E-state index in [-0.39, 0.29) is 11.5 Å². The van der Waals surface area contributed by atoms with E-state index in [1.165, 1.54) is 0 Å². The molecule has 4 nitrogen and oxygen atoms in total. The Labute approximate surface area is 113 Å². The van der Waals surface area contributed by atoms with Crippen molar-refractivity contribution in [2.75, 3.05) is 13.1 Å². The van der Waals surface area contributed by atoms with Crippen LogP contribution in [0.5, 0.6) is 0 Å². The lowest BCUT2D eigenvalue weighted by molar-refractivity contribution is 0.0789. The second-order valence-corrected chi connectivity index (χ2v) is 5.75. The van der Waals surface area contributed by atoms with Crippen molar-refractivity contribution in [3.05, 3.63) is 33.2 Å². The van der Waals surface area contributed by atoms with Gasteiger partial charge in [-0.15, -0.1) is 0 Å². The first-order valence-electron chi connectivity index (χ1n) is 7.11. The van der Waals surface area contributed by atoms with E-state index in [9.17, 15) is 9.59 Å². The molecule has 0 spiro atoms. The molecule has 0 N–H and O–H groups in total. The zero-order chi connectivity index (χ0) is 13.6. The first-order valence-corrected chi connectivity index (χ1v) is 7.11. The number of carbonyl (C=O) groups excluding carboxylic acids is 1. The van der Waals surface area contributed by atoms with Gasteiger partial charge in [0.2, 0.25) is 0 Å². The molecule has 4 heteroatoms. The molecule has 3 rings (SSSR count). The van der Waals surface area contributed by atoms with Crippen LogP contribution in [0.25, 0.3) is 0 Å². The van der Waals surface area contributed by atoms with Gasteiger partial charge >= 0.3 is 0 Å². The summed E-state index contributed by atoms with van der Waals surface area (Å²) in [7, 11) is 0. The van der Waals surface area contributed by atoms with Gasteiger partial charge in [0.15, 0.2) is 0 Å². The Morgan fingerprint density at radius 2 is 1.84 bits per heavy atom. The predicted octanol–water partition coefficient (Wildman–Crippen LogP) is 2.04. The van der Waals surface area contributed by atoms with Gasteiger partial charge in [0.25, 0.3) is 11.5 Å². The summed E-state index contributed by atoms with van der Waals surface area (Å²) in [6, 6.07) is 2.29. The van der Waals surface area contributed by atoms with E-state index in [0.717, 1.165) is 50.0 Å². The largest absolute Gasteiger partial charge is 0.338 e. The van der Waals surface area contributed by atoms with E-state index < -0.39 is 0 Å². The molecule has 0 atom stereocenters. The molecule has 1 saturated carbocycles. The van der Waals surface area contributed by atoms with E-state index in [0.29, 0.717) is 11.6 Å². The normalized spacial score (nSPS) is 18.9. The Balaban J connectivity index is 2.07. The quantitative estimate of drug-likeness (QED) is 0.816. The average Bonchev–Trinajstić information content (AvgIpc) is 3.02. The average molecular weight is 260 g/mol. The van der Waals surface area contributed by atoms with Gasteiger partial charge in [-0.25, -0.2) is 0 Å². The smallest absolute Gasteiger partial charge is 0.264 e. The van der Waals surface area contributed by atoms with Crippen LogP contribution in [0.15, 0.2) is 10.9 Å². The predicted molar refractivity (Wildman–Crippen MR) is 73.6 cm³/mol. The summed E-state index contributed by atoms with van der Waals surface area (Å²) in [4.78, 5) is 26.9. The van der Waals surface area contributed by atoms with Crippen LogP contribution < -0.4 is 5.56 Å². The van der Waals surface area contributed by atoms with Gasteiger partial charge in [0.05, 0.1) is 0 Å². The molecule has 2 aliphatic rings. The molecule has 102 valence electrons. The van der Waals surface area contributed by atoms with Crippen molar-refractivity contribution >= 4 is 5.91 Å². The Bertz CT molecular complexity index is 579. The highest BCUT2D eigenvalue weighted by Gasteiger charge is 2.30. The summed E-state index contributed by atoms with van der Waals surface area (Å²) < 4.78 is 1.82. The van der Waals surface area contributed by atoms with Gasteiger partial charge in [-0.3, -0.25) is 9.59 Å². The maximum atomic E-state index is 12.6. The van der Waals surface area contributed by atoms with Crippen LogP contribution in [-0.4, -0.2) is 28.5 Å². The summed E-state index contributed by atoms with van der Waals surface area (Å²) in [5.74, 6) is -0.0746. The molecule has 1 aromatic heterocycles. The molecular weight excluding hydrogens is 240 g/mol. The number of nitrogens with zero attached hydrogens (tertiary/aromatic N) is 2. The van der Waals surface area contributed by atoms with Crippen LogP contribution in [0.2, 0.25) is 0 Å². The van der Waals surface area contributed by atoms with Crippen LogP contribution in [-0.2, 0) is 0 Å². The molecular formula is C15H20N2O2. The minimum atomic E-state index is -0.0862. The SMILES string of the molecule is Cc1cc(C)n(C2CC2)c(=O)c1C(=O)N1CCCC1. The molecule has 1 aromatic rings. The molecule has 1 aliphatic heterocycles. The van der Waals surface area contributed by atoms with Crippen LogP contribution in [0.4, 0.5) is 0 Å². The van der Waals surface area contributed by atoms with Crippen molar-refractivity contribution < 1.29 is 4.79 Å². The number of rotatable bonds is 2. The fourth-order valence-corrected chi connectivity index (χ4v) is 3.03. The first-order chi connectivity index (χ1) is 9.09. The summed E-state index contributed by atoms with van der Waals surface area (Å²) in [5, 5.41) is 0. The van der Waals surface area contributed by atoms with E-state index in [4.69, 9.17) is 0 Å². The molecule has 0 radical (unpaired) electrons. The Morgan fingerprint density at radius 3 is 2.42 bits per heavy atom. The van der Waals surface area contributed by atoms with Crippen LogP contribution in [0, 0.1) is 13.8 Å². The van der Waals surface area contributed by atoms with E-state index in [1.54, 1.807) is 0 Å². The lowest BCUT2D eigenvalue weighted by Gasteiger charge is -2.18. The lowest BCUT2D eigenvalue weighted by Crippen LogP contribution is -2.36. The number of carbonyl (C=O) groups is 1. The number of amides is 1. The van der Waals surface area contributed by atoms with Crippen molar-refractivity contribution in [1.29, 1.82) is 0 Å². The highest BCUT2D eigenvalue weighted by Crippen LogP contribution is 2.34. The molecule has 1 aliphatic carbocycles. The lowest BCUT2D eigenvalue weighted by atomic mass is 10.1. The van der Waals surface area contributed by atoms with Crippen molar-refractivity contribution in [1.82, 2.24) is 9.47 Å². The summed E-state index contributed by atoms with van der Waals surface area (Å²) in [5.41, 5.74) is 2.09. The fourth-order valence-electron chi connectivity index (χ4n) is 3.03. The van der Waals surface area contributed by atoms with Gasteiger partial charge in [0.1, 0.15) is 5.56 Å². The number of pyridine rings is 1. The second-order valence-electron chi connectivity index (χ2n) is 5.75. The molecule has 0 bridgehead atoms. The van der Waals surface area contributed by atoms with Gasteiger partial charge in [-0.1, -0.05) is 0 Å². The summed E-state index contributed by atoms with van der Waals surface area (Å²) >= 11 is 0. The third-order valence-electron chi connectivity index (χ3n) is 4.15. The van der Waals surface area contributed by atoms with Gasteiger partial charge in [-0.05, 0) is 51.2 Å². The minimum Gasteiger partial charge on any atom is -0.338 e. The molecule has 2 heterocycles. The zero-order valence-electron chi connectivity index (χ0n) is 11.6. The zero-order valence-corrected chi connectivity index (χ0v) is 11.6. The molecule has 0 aromatic carbocycles. The standard InChI is InChI=1S/C15H20N2O2/c1-10-9-11(2)17(12-5-6-12)15(19)13(10)14(18)16-7-3-4-8-16/h9,12H,3-8H2,1-2H3. The molecule has 1 amide bonds. The number of hydrogen-bond donors (Lipinski definition) is 0. The fraction of sp³-hybridized carbons (Fsp3) is 0.600. The van der Waals surface area contributed by atoms with Gasteiger partial charge in [-0.2, -0.15) is 0 Å². The highest BCUT2D eigenvalue weighted by atomic mass is 16.2. The van der Waals surface area contributed by atoms with Crippen molar-refractivity contribution in [3.63, 3.8) is 0 Å². The molecule has 2 fully saturated rings. The summed E-state index contributed by atoms with van der Waals surface area (Å²) in [6.07, 6.45) is 4.21. The first kappa shape index (κ1) is 12.5. The Kier molecular flexibility index (Phi) is 2.96. The van der Waals surface area contributed by atoms with Crippen molar-refractivity contribution in [3.8, 4) is 0 Å². The Morgan fingerprint density at radius 1 is 1.21 bits per heavy atom. The van der Waals surface area contributed by atoms with Crippen LogP contribution in [0.3, 0.4) is 0 Å². The molecule has 1 saturated heterocycles. The second kappa shape index (κ2) is 4.51. The monoisotopic (exact) mass is 260 g/mol. The topological polar surface area (TPSA) is 42.3 Å². The van der Waals surface area contributed by atoms with E-state index in [1.807, 2.05) is 29.4 Å². The van der Waals surface area contributed by atoms with Crippen LogP contribution >= 0.6 is 0 Å². The van der Waals surface area contributed by atoms with Gasteiger partial charge in [0, 0.05) is 24.8 Å². The van der Waals surface area contributed by atoms with Gasteiger partial charge < -0.3 is 9.47 Å². The minimum absolute atomic E-state index is 0.0746. The van der Waals surface area contributed by atoms with E-state index >= 15 is 0 Å². The molecule has 0 unspecified atom stereocenters. The van der Waals surface area contributed by atoms with Crippen molar-refractivity contribution in [2.24, 2.45) is 0 Å². The number of aromatic nitrogens is 1.